The Kier molecular flexibility index (Phi) is 25.8. The first-order valence-electron chi connectivity index (χ1n) is 6.73. The van der Waals surface area contributed by atoms with E-state index in [0.717, 1.165) is 31.4 Å². The van der Waals surface area contributed by atoms with Crippen LogP contribution < -0.4 is 0 Å². The Morgan fingerprint density at radius 1 is 0.778 bits per heavy atom. The van der Waals surface area contributed by atoms with E-state index in [9.17, 15) is 0 Å². The number of ether oxygens (including phenoxy) is 3. The van der Waals surface area contributed by atoms with Crippen LogP contribution in [0.1, 0.15) is 33.1 Å². The highest BCUT2D eigenvalue weighted by molar-refractivity contribution is 9.09. The quantitative estimate of drug-likeness (QED) is 0.442. The maximum absolute atomic E-state index is 8.28. The molecule has 18 heavy (non-hydrogen) atoms. The molecule has 0 aromatic heterocycles. The molecule has 5 heteroatoms. The lowest BCUT2D eigenvalue weighted by Crippen LogP contribution is -2.08. The summed E-state index contributed by atoms with van der Waals surface area (Å²) < 4.78 is 15.3. The minimum absolute atomic E-state index is 0.340. The molecule has 0 atom stereocenters. The molecular weight excluding hydrogens is 300 g/mol. The van der Waals surface area contributed by atoms with Crippen LogP contribution in [-0.4, -0.2) is 56.7 Å². The molecule has 0 aliphatic carbocycles. The highest BCUT2D eigenvalue weighted by Crippen LogP contribution is 1.96. The van der Waals surface area contributed by atoms with Crippen molar-refractivity contribution in [3.05, 3.63) is 0 Å². The summed E-state index contributed by atoms with van der Waals surface area (Å²) in [4.78, 5) is 0. The van der Waals surface area contributed by atoms with E-state index >= 15 is 0 Å². The largest absolute Gasteiger partial charge is 0.396 e. The van der Waals surface area contributed by atoms with Gasteiger partial charge in [0.1, 0.15) is 0 Å². The van der Waals surface area contributed by atoms with Gasteiger partial charge in [0.2, 0.25) is 0 Å². The summed E-state index contributed by atoms with van der Waals surface area (Å²) in [5, 5.41) is 9.34. The van der Waals surface area contributed by atoms with Gasteiger partial charge in [-0.1, -0.05) is 22.4 Å². The number of aliphatic hydroxyl groups excluding tert-OH is 1. The number of rotatable bonds is 12. The standard InChI is InChI=1S/C8H18O3.C5H11BrO/c1-3-9-5-7-11-8-6-10-4-2;6-4-2-1-3-5-7/h3-8H2,1-2H3;7H,1-5H2. The van der Waals surface area contributed by atoms with Gasteiger partial charge in [-0.05, 0) is 26.7 Å². The van der Waals surface area contributed by atoms with E-state index in [-0.39, 0.29) is 0 Å². The normalized spacial score (nSPS) is 10.0. The van der Waals surface area contributed by atoms with Crippen molar-refractivity contribution < 1.29 is 19.3 Å². The Morgan fingerprint density at radius 2 is 1.28 bits per heavy atom. The van der Waals surface area contributed by atoms with Gasteiger partial charge in [0.15, 0.2) is 0 Å². The molecular formula is C13H29BrO4. The maximum atomic E-state index is 8.28. The van der Waals surface area contributed by atoms with Gasteiger partial charge in [-0.25, -0.2) is 0 Å². The average molecular weight is 329 g/mol. The Hall–Kier alpha value is 0.320. The number of alkyl halides is 1. The van der Waals surface area contributed by atoms with Crippen LogP contribution in [0.25, 0.3) is 0 Å². The monoisotopic (exact) mass is 328 g/mol. The third-order valence-corrected chi connectivity index (χ3v) is 2.50. The lowest BCUT2D eigenvalue weighted by molar-refractivity contribution is 0.0195. The van der Waals surface area contributed by atoms with Crippen LogP contribution in [0.5, 0.6) is 0 Å². The average Bonchev–Trinajstić information content (AvgIpc) is 2.39. The van der Waals surface area contributed by atoms with Gasteiger partial charge < -0.3 is 19.3 Å². The van der Waals surface area contributed by atoms with Gasteiger partial charge in [-0.2, -0.15) is 0 Å². The molecule has 1 N–H and O–H groups in total. The smallest absolute Gasteiger partial charge is 0.0701 e. The fourth-order valence-electron chi connectivity index (χ4n) is 1.01. The molecule has 0 aromatic carbocycles. The zero-order valence-corrected chi connectivity index (χ0v) is 13.4. The third-order valence-electron chi connectivity index (χ3n) is 1.94. The van der Waals surface area contributed by atoms with Gasteiger partial charge in [-0.15, -0.1) is 0 Å². The van der Waals surface area contributed by atoms with Crippen molar-refractivity contribution in [1.82, 2.24) is 0 Å². The van der Waals surface area contributed by atoms with Gasteiger partial charge >= 0.3 is 0 Å². The van der Waals surface area contributed by atoms with Crippen molar-refractivity contribution in [1.29, 1.82) is 0 Å². The minimum atomic E-state index is 0.340. The molecule has 0 amide bonds. The van der Waals surface area contributed by atoms with E-state index in [4.69, 9.17) is 19.3 Å². The number of hydrogen-bond donors (Lipinski definition) is 1. The topological polar surface area (TPSA) is 47.9 Å². The number of hydrogen-bond acceptors (Lipinski definition) is 4. The van der Waals surface area contributed by atoms with E-state index in [0.29, 0.717) is 33.0 Å². The highest BCUT2D eigenvalue weighted by atomic mass is 79.9. The second-order valence-electron chi connectivity index (χ2n) is 3.48. The summed E-state index contributed by atoms with van der Waals surface area (Å²) in [5.41, 5.74) is 0. The SMILES string of the molecule is CCOCCOCCOCC.OCCCCCBr. The molecule has 4 nitrogen and oxygen atoms in total. The van der Waals surface area contributed by atoms with Crippen LogP contribution >= 0.6 is 15.9 Å². The van der Waals surface area contributed by atoms with Gasteiger partial charge in [0.25, 0.3) is 0 Å². The first-order chi connectivity index (χ1) is 8.83. The molecule has 0 aliphatic heterocycles. The van der Waals surface area contributed by atoms with Crippen LogP contribution in [0.15, 0.2) is 0 Å². The molecule has 0 spiro atoms. The molecule has 0 heterocycles. The fraction of sp³-hybridized carbons (Fsp3) is 1.00. The van der Waals surface area contributed by atoms with Crippen molar-refractivity contribution in [2.24, 2.45) is 0 Å². The Morgan fingerprint density at radius 3 is 1.67 bits per heavy atom. The number of unbranched alkanes of at least 4 members (excludes halogenated alkanes) is 2. The van der Waals surface area contributed by atoms with Crippen LogP contribution in [0.2, 0.25) is 0 Å². The van der Waals surface area contributed by atoms with Crippen molar-refractivity contribution in [2.75, 3.05) is 51.6 Å². The van der Waals surface area contributed by atoms with E-state index in [1.807, 2.05) is 13.8 Å². The fourth-order valence-corrected chi connectivity index (χ4v) is 1.41. The van der Waals surface area contributed by atoms with Crippen molar-refractivity contribution in [3.8, 4) is 0 Å². The first kappa shape index (κ1) is 20.6. The van der Waals surface area contributed by atoms with Crippen LogP contribution in [0, 0.1) is 0 Å². The number of halogens is 1. The predicted molar refractivity (Wildman–Crippen MR) is 78.5 cm³/mol. The third kappa shape index (κ3) is 25.2. The van der Waals surface area contributed by atoms with E-state index in [1.165, 1.54) is 6.42 Å². The lowest BCUT2D eigenvalue weighted by atomic mass is 10.3. The summed E-state index contributed by atoms with van der Waals surface area (Å²) in [6.07, 6.45) is 3.27. The summed E-state index contributed by atoms with van der Waals surface area (Å²) in [7, 11) is 0. The van der Waals surface area contributed by atoms with E-state index in [2.05, 4.69) is 15.9 Å². The summed E-state index contributed by atoms with van der Waals surface area (Å²) in [6, 6.07) is 0. The summed E-state index contributed by atoms with van der Waals surface area (Å²) in [5.74, 6) is 0. The molecule has 0 saturated heterocycles. The van der Waals surface area contributed by atoms with Gasteiger partial charge in [0, 0.05) is 25.2 Å². The van der Waals surface area contributed by atoms with Crippen molar-refractivity contribution >= 4 is 15.9 Å². The predicted octanol–water partition coefficient (Wildman–Crippen LogP) is 2.62. The Labute approximate surface area is 120 Å². The first-order valence-corrected chi connectivity index (χ1v) is 7.85. The molecule has 0 fully saturated rings. The zero-order valence-electron chi connectivity index (χ0n) is 11.8. The van der Waals surface area contributed by atoms with Crippen LogP contribution in [-0.2, 0) is 14.2 Å². The Balaban J connectivity index is 0. The van der Waals surface area contributed by atoms with Crippen molar-refractivity contribution in [2.45, 2.75) is 33.1 Å². The van der Waals surface area contributed by atoms with Gasteiger partial charge in [-0.3, -0.25) is 0 Å². The second kappa shape index (κ2) is 22.5. The van der Waals surface area contributed by atoms with Crippen LogP contribution in [0.3, 0.4) is 0 Å². The Bertz CT molecular complexity index is 114. The van der Waals surface area contributed by atoms with E-state index in [1.54, 1.807) is 0 Å². The molecule has 0 bridgehead atoms. The summed E-state index contributed by atoms with van der Waals surface area (Å²) >= 11 is 3.30. The second-order valence-corrected chi connectivity index (χ2v) is 4.27. The molecule has 0 radical (unpaired) electrons. The highest BCUT2D eigenvalue weighted by Gasteiger charge is 1.87. The number of aliphatic hydroxyl groups is 1. The van der Waals surface area contributed by atoms with Crippen LogP contribution in [0.4, 0.5) is 0 Å². The van der Waals surface area contributed by atoms with Crippen molar-refractivity contribution in [3.63, 3.8) is 0 Å². The lowest BCUT2D eigenvalue weighted by Gasteiger charge is -2.03. The molecule has 112 valence electrons. The molecule has 0 aromatic rings. The maximum Gasteiger partial charge on any atom is 0.0701 e. The molecule has 0 rings (SSSR count). The molecule has 0 aliphatic rings. The summed E-state index contributed by atoms with van der Waals surface area (Å²) in [6.45, 7) is 8.50. The molecule has 0 saturated carbocycles. The van der Waals surface area contributed by atoms with E-state index < -0.39 is 0 Å². The molecule has 0 unspecified atom stereocenters. The van der Waals surface area contributed by atoms with Gasteiger partial charge in [0.05, 0.1) is 26.4 Å². The zero-order chi connectivity index (χ0) is 13.9. The minimum Gasteiger partial charge on any atom is -0.396 e.